The quantitative estimate of drug-likeness (QED) is 0.0291. The fraction of sp³-hybridized carbons (Fsp3) is 0.910. The van der Waals surface area contributed by atoms with E-state index in [1.165, 1.54) is 59.2 Å². The summed E-state index contributed by atoms with van der Waals surface area (Å²) in [7, 11) is 3.00. The summed E-state index contributed by atoms with van der Waals surface area (Å²) in [6.45, 7) is 39.7. The summed E-state index contributed by atoms with van der Waals surface area (Å²) >= 11 is 0. The minimum Gasteiger partial charge on any atom is -0.462 e. The molecule has 8 aliphatic carbocycles. The number of fused-ring (bicyclic) bond motifs is 9. The van der Waals surface area contributed by atoms with Gasteiger partial charge < -0.3 is 47.4 Å². The molecule has 0 N–H and O–H groups in total. The van der Waals surface area contributed by atoms with Gasteiger partial charge in [-0.15, -0.1) is 0 Å². The van der Waals surface area contributed by atoms with Crippen molar-refractivity contribution in [3.05, 3.63) is 0 Å². The summed E-state index contributed by atoms with van der Waals surface area (Å²) in [5, 5.41) is 0. The molecule has 10 unspecified atom stereocenters. The first-order valence-corrected chi connectivity index (χ1v) is 32.1. The molecule has 8 bridgehead atoms. The zero-order chi connectivity index (χ0) is 63.1. The van der Waals surface area contributed by atoms with E-state index in [9.17, 15) is 28.8 Å². The molecule has 0 radical (unpaired) electrons. The highest BCUT2D eigenvalue weighted by atomic mass is 16.7. The molecular formula is C67H118O16. The van der Waals surface area contributed by atoms with Crippen molar-refractivity contribution >= 4 is 35.8 Å². The Labute approximate surface area is 502 Å². The van der Waals surface area contributed by atoms with E-state index in [1.807, 2.05) is 111 Å². The van der Waals surface area contributed by atoms with Gasteiger partial charge in [-0.1, -0.05) is 41.5 Å². The molecular weight excluding hydrogens is 1060 g/mol. The molecule has 83 heavy (non-hydrogen) atoms. The lowest BCUT2D eigenvalue weighted by molar-refractivity contribution is -0.209. The maximum absolute atomic E-state index is 13.7. The summed E-state index contributed by atoms with van der Waals surface area (Å²) in [5.41, 5.74) is -2.23. The number of hydrogen-bond acceptors (Lipinski definition) is 16. The SMILES string of the molecule is CCC(C)(C)C(=O)OC(C)OC.CCC(C)(C)C(=O)OC1CC2CC1C1C3CC(CC3C(=O)OC3(C)C4CC5CC(C4)CC3C5)C21.CCC(C)(C)C(=O)OCOC.CCCOCOC(=O)C(C)(C)CC.CCOC(C)OC(=O)C(C)(C)CC. The predicted octanol–water partition coefficient (Wildman–Crippen LogP) is 14.2. The molecule has 0 aromatic carbocycles. The average Bonchev–Trinajstić information content (AvgIpc) is 3.29. The number of methoxy groups -OCH3 is 2. The molecule has 8 saturated carbocycles. The Morgan fingerprint density at radius 3 is 1.39 bits per heavy atom. The Bertz CT molecular complexity index is 2030. The monoisotopic (exact) mass is 1180 g/mol. The molecule has 0 aromatic rings. The van der Waals surface area contributed by atoms with Crippen molar-refractivity contribution in [3.8, 4) is 0 Å². The number of rotatable bonds is 24. The summed E-state index contributed by atoms with van der Waals surface area (Å²) in [4.78, 5) is 71.9. The van der Waals surface area contributed by atoms with E-state index in [1.54, 1.807) is 13.8 Å². The number of carbonyl (C=O) groups is 6. The molecule has 0 spiro atoms. The van der Waals surface area contributed by atoms with Gasteiger partial charge in [0.05, 0.1) is 39.6 Å². The number of ether oxygens (including phenoxy) is 10. The second-order valence-corrected chi connectivity index (χ2v) is 28.5. The van der Waals surface area contributed by atoms with Crippen molar-refractivity contribution in [1.82, 2.24) is 0 Å². The van der Waals surface area contributed by atoms with Crippen molar-refractivity contribution in [2.45, 2.75) is 259 Å². The molecule has 8 aliphatic rings. The summed E-state index contributed by atoms with van der Waals surface area (Å²) in [5.74, 6) is 6.01. The Morgan fingerprint density at radius 1 is 0.506 bits per heavy atom. The maximum Gasteiger partial charge on any atom is 0.313 e. The molecule has 16 nitrogen and oxygen atoms in total. The van der Waals surface area contributed by atoms with Crippen molar-refractivity contribution < 1.29 is 76.1 Å². The van der Waals surface area contributed by atoms with Gasteiger partial charge in [0, 0.05) is 20.8 Å². The number of esters is 6. The maximum atomic E-state index is 13.7. The predicted molar refractivity (Wildman–Crippen MR) is 320 cm³/mol. The van der Waals surface area contributed by atoms with Crippen LogP contribution in [0.25, 0.3) is 0 Å². The first kappa shape index (κ1) is 73.9. The van der Waals surface area contributed by atoms with E-state index < -0.39 is 39.7 Å². The van der Waals surface area contributed by atoms with Crippen LogP contribution in [0.1, 0.15) is 235 Å². The normalized spacial score (nSPS) is 29.6. The smallest absolute Gasteiger partial charge is 0.313 e. The van der Waals surface area contributed by atoms with Crippen molar-refractivity contribution in [2.75, 3.05) is 41.0 Å². The molecule has 0 aromatic heterocycles. The molecule has 482 valence electrons. The molecule has 0 amide bonds. The fourth-order valence-electron chi connectivity index (χ4n) is 13.3. The van der Waals surface area contributed by atoms with E-state index >= 15 is 0 Å². The van der Waals surface area contributed by atoms with Crippen LogP contribution in [0.3, 0.4) is 0 Å². The van der Waals surface area contributed by atoms with E-state index in [4.69, 9.17) is 42.6 Å². The van der Waals surface area contributed by atoms with E-state index in [0.29, 0.717) is 54.6 Å². The highest BCUT2D eigenvalue weighted by Gasteiger charge is 2.67. The minimum atomic E-state index is -0.455. The number of carbonyl (C=O) groups excluding carboxylic acids is 6. The van der Waals surface area contributed by atoms with Gasteiger partial charge in [0.25, 0.3) is 0 Å². The molecule has 0 heterocycles. The van der Waals surface area contributed by atoms with Gasteiger partial charge in [-0.25, -0.2) is 0 Å². The zero-order valence-electron chi connectivity index (χ0n) is 56.0. The Balaban J connectivity index is 0.000000309. The van der Waals surface area contributed by atoms with E-state index in [-0.39, 0.29) is 67.0 Å². The van der Waals surface area contributed by atoms with Crippen LogP contribution in [-0.4, -0.2) is 101 Å². The molecule has 8 rings (SSSR count). The lowest BCUT2D eigenvalue weighted by atomic mass is 9.50. The average molecular weight is 1180 g/mol. The standard InChI is InChI=1S/C30H44O4.2C10H20O3.C9H18O3.C8H16O3/c1-5-29(2,3)28(32)33-24-14-18-13-23(24)26-21-11-17(25(18)26)12-22(21)27(31)34-30(4)19-7-15-6-16(9-19)10-20(30)8-15;1-6-10(4,5)9(11)13-8(3)12-7-2;1-5-7-12-8-13-9(11)10(3,4)6-2;1-6-9(3,4)8(10)12-7(2)11-5;1-5-8(2,3)7(9)11-6-10-4/h15-26H,5-14H2,1-4H3;8H,6-7H2,1-5H3;5-8H2,1-4H3;7H,6H2,1-5H3;5-6H2,1-4H3. The lowest BCUT2D eigenvalue weighted by Crippen LogP contribution is -2.58. The summed E-state index contributed by atoms with van der Waals surface area (Å²) in [6.07, 6.45) is 15.1. The van der Waals surface area contributed by atoms with Crippen LogP contribution in [0.4, 0.5) is 0 Å². The van der Waals surface area contributed by atoms with Crippen LogP contribution in [0.15, 0.2) is 0 Å². The molecule has 0 aliphatic heterocycles. The Morgan fingerprint density at radius 2 is 0.940 bits per heavy atom. The van der Waals surface area contributed by atoms with Crippen LogP contribution in [0, 0.1) is 92.2 Å². The van der Waals surface area contributed by atoms with Crippen LogP contribution in [0.2, 0.25) is 0 Å². The minimum absolute atomic E-state index is 0.0296. The molecule has 8 fully saturated rings. The van der Waals surface area contributed by atoms with Gasteiger partial charge in [0.2, 0.25) is 0 Å². The second kappa shape index (κ2) is 32.1. The highest BCUT2D eigenvalue weighted by molar-refractivity contribution is 5.78. The third kappa shape index (κ3) is 19.6. The van der Waals surface area contributed by atoms with Gasteiger partial charge >= 0.3 is 35.8 Å². The Hall–Kier alpha value is -3.34. The van der Waals surface area contributed by atoms with E-state index in [2.05, 4.69) is 18.6 Å². The van der Waals surface area contributed by atoms with E-state index in [0.717, 1.165) is 69.1 Å². The second-order valence-electron chi connectivity index (χ2n) is 28.5. The summed E-state index contributed by atoms with van der Waals surface area (Å²) < 4.78 is 52.2. The molecule has 10 atom stereocenters. The molecule has 0 saturated heterocycles. The summed E-state index contributed by atoms with van der Waals surface area (Å²) in [6, 6.07) is 0. The van der Waals surface area contributed by atoms with Crippen molar-refractivity contribution in [2.24, 2.45) is 92.2 Å². The van der Waals surface area contributed by atoms with Crippen molar-refractivity contribution in [3.63, 3.8) is 0 Å². The van der Waals surface area contributed by atoms with Crippen LogP contribution >= 0.6 is 0 Å². The van der Waals surface area contributed by atoms with Gasteiger partial charge in [-0.3, -0.25) is 28.8 Å². The topological polar surface area (TPSA) is 195 Å². The van der Waals surface area contributed by atoms with Gasteiger partial charge in [-0.05, 0) is 252 Å². The van der Waals surface area contributed by atoms with Crippen LogP contribution in [0.5, 0.6) is 0 Å². The van der Waals surface area contributed by atoms with Crippen molar-refractivity contribution in [1.29, 1.82) is 0 Å². The van der Waals surface area contributed by atoms with Gasteiger partial charge in [0.15, 0.2) is 26.2 Å². The van der Waals surface area contributed by atoms with Gasteiger partial charge in [-0.2, -0.15) is 0 Å². The molecule has 16 heteroatoms. The largest absolute Gasteiger partial charge is 0.462 e. The van der Waals surface area contributed by atoms with Crippen LogP contribution < -0.4 is 0 Å². The number of hydrogen-bond donors (Lipinski definition) is 0. The lowest BCUT2D eigenvalue weighted by Gasteiger charge is -2.59. The third-order valence-electron chi connectivity index (χ3n) is 20.8. The first-order chi connectivity index (χ1) is 38.6. The van der Waals surface area contributed by atoms with Gasteiger partial charge in [0.1, 0.15) is 11.7 Å². The Kier molecular flexibility index (Phi) is 28.5. The first-order valence-electron chi connectivity index (χ1n) is 32.1. The highest BCUT2D eigenvalue weighted by Crippen LogP contribution is 2.70. The third-order valence-corrected chi connectivity index (χ3v) is 20.8. The van der Waals surface area contributed by atoms with Crippen LogP contribution in [-0.2, 0) is 76.1 Å². The zero-order valence-corrected chi connectivity index (χ0v) is 56.0. The fourth-order valence-corrected chi connectivity index (χ4v) is 13.3.